The minimum atomic E-state index is -4.58. The number of ether oxygens (including phenoxy) is 1. The van der Waals surface area contributed by atoms with Crippen LogP contribution < -0.4 is 10.5 Å². The zero-order valence-electron chi connectivity index (χ0n) is 13.0. The molecule has 0 bridgehead atoms. The Bertz CT molecular complexity index is 806. The number of carbonyl (C=O) groups is 1. The molecule has 0 heterocycles. The van der Waals surface area contributed by atoms with E-state index in [1.165, 1.54) is 36.3 Å². The van der Waals surface area contributed by atoms with Crippen LogP contribution in [0, 0.1) is 0 Å². The van der Waals surface area contributed by atoms with Crippen LogP contribution in [-0.4, -0.2) is 36.5 Å². The molecule has 0 aliphatic heterocycles. The molecule has 0 unspecified atom stereocenters. The minimum Gasteiger partial charge on any atom is -0.496 e. The van der Waals surface area contributed by atoms with Gasteiger partial charge in [-0.3, -0.25) is 4.79 Å². The molecular formula is C16H15F3N2O2S. The highest BCUT2D eigenvalue weighted by atomic mass is 32.1. The van der Waals surface area contributed by atoms with Crippen molar-refractivity contribution in [2.45, 2.75) is 6.18 Å². The highest BCUT2D eigenvalue weighted by Gasteiger charge is 2.36. The molecule has 0 fully saturated rings. The molecule has 0 saturated carbocycles. The van der Waals surface area contributed by atoms with Gasteiger partial charge in [0.05, 0.1) is 13.7 Å². The number of benzene rings is 2. The first kappa shape index (κ1) is 18.0. The van der Waals surface area contributed by atoms with E-state index < -0.39 is 17.6 Å². The topological polar surface area (TPSA) is 55.6 Å². The number of likely N-dealkylation sites (N-methyl/N-ethyl adjacent to an activating group) is 1. The molecule has 8 heteroatoms. The first-order chi connectivity index (χ1) is 11.2. The van der Waals surface area contributed by atoms with Crippen LogP contribution in [0.4, 0.5) is 13.2 Å². The molecule has 0 aliphatic carbocycles. The highest BCUT2D eigenvalue weighted by molar-refractivity contribution is 7.80. The fraction of sp³-hybridized carbons (Fsp3) is 0.250. The number of primary amides is 1. The van der Waals surface area contributed by atoms with Gasteiger partial charge >= 0.3 is 6.18 Å². The number of methoxy groups -OCH3 is 1. The van der Waals surface area contributed by atoms with Crippen molar-refractivity contribution in [2.24, 2.45) is 5.73 Å². The normalized spacial score (nSPS) is 11.4. The Hall–Kier alpha value is -2.35. The monoisotopic (exact) mass is 356 g/mol. The van der Waals surface area contributed by atoms with E-state index in [0.717, 1.165) is 0 Å². The Morgan fingerprint density at radius 2 is 1.92 bits per heavy atom. The molecule has 0 aromatic heterocycles. The predicted octanol–water partition coefficient (Wildman–Crippen LogP) is 2.96. The van der Waals surface area contributed by atoms with Crippen LogP contribution in [-0.2, 0) is 11.0 Å². The van der Waals surface area contributed by atoms with Crippen LogP contribution in [0.5, 0.6) is 5.75 Å². The lowest BCUT2D eigenvalue weighted by atomic mass is 9.98. The fourth-order valence-corrected chi connectivity index (χ4v) is 2.74. The van der Waals surface area contributed by atoms with Crippen molar-refractivity contribution in [3.05, 3.63) is 41.5 Å². The summed E-state index contributed by atoms with van der Waals surface area (Å²) in [5.41, 5.74) is 4.69. The SMILES string of the molecule is COc1ccc2c(C(=S)N(C)CC(N)=O)cccc2c1C(F)(F)F. The van der Waals surface area contributed by atoms with Crippen LogP contribution >= 0.6 is 12.2 Å². The number of amides is 1. The van der Waals surface area contributed by atoms with Crippen LogP contribution in [0.15, 0.2) is 30.3 Å². The summed E-state index contributed by atoms with van der Waals surface area (Å²) >= 11 is 5.29. The van der Waals surface area contributed by atoms with Gasteiger partial charge in [0, 0.05) is 12.6 Å². The molecule has 128 valence electrons. The fourth-order valence-electron chi connectivity index (χ4n) is 2.50. The maximum absolute atomic E-state index is 13.4. The Kier molecular flexibility index (Phi) is 4.98. The van der Waals surface area contributed by atoms with Crippen molar-refractivity contribution in [2.75, 3.05) is 20.7 Å². The van der Waals surface area contributed by atoms with Gasteiger partial charge in [-0.15, -0.1) is 0 Å². The molecule has 4 nitrogen and oxygen atoms in total. The first-order valence-corrected chi connectivity index (χ1v) is 7.28. The van der Waals surface area contributed by atoms with Crippen molar-refractivity contribution < 1.29 is 22.7 Å². The van der Waals surface area contributed by atoms with Gasteiger partial charge in [-0.25, -0.2) is 0 Å². The zero-order chi connectivity index (χ0) is 18.1. The van der Waals surface area contributed by atoms with E-state index in [2.05, 4.69) is 0 Å². The smallest absolute Gasteiger partial charge is 0.420 e. The number of thiocarbonyl (C=S) groups is 1. The molecule has 1 amide bonds. The summed E-state index contributed by atoms with van der Waals surface area (Å²) in [6, 6.07) is 7.22. The van der Waals surface area contributed by atoms with E-state index >= 15 is 0 Å². The number of carbonyl (C=O) groups excluding carboxylic acids is 1. The third-order valence-electron chi connectivity index (χ3n) is 3.50. The summed E-state index contributed by atoms with van der Waals surface area (Å²) in [6.07, 6.45) is -4.58. The number of nitrogens with two attached hydrogens (primary N) is 1. The molecule has 0 aliphatic rings. The summed E-state index contributed by atoms with van der Waals surface area (Å²) in [6.45, 7) is -0.127. The number of halogens is 3. The van der Waals surface area contributed by atoms with Gasteiger partial charge in [-0.2, -0.15) is 13.2 Å². The molecule has 0 spiro atoms. The first-order valence-electron chi connectivity index (χ1n) is 6.87. The number of rotatable bonds is 4. The Labute approximate surface area is 142 Å². The van der Waals surface area contributed by atoms with Gasteiger partial charge < -0.3 is 15.4 Å². The number of alkyl halides is 3. The second-order valence-electron chi connectivity index (χ2n) is 5.17. The summed E-state index contributed by atoms with van der Waals surface area (Å²) in [5, 5.41) is 0.307. The van der Waals surface area contributed by atoms with Crippen molar-refractivity contribution >= 4 is 33.9 Å². The van der Waals surface area contributed by atoms with Crippen LogP contribution in [0.1, 0.15) is 11.1 Å². The summed E-state index contributed by atoms with van der Waals surface area (Å²) < 4.78 is 45.2. The molecule has 2 aromatic rings. The maximum atomic E-state index is 13.4. The molecule has 0 atom stereocenters. The van der Waals surface area contributed by atoms with Gasteiger partial charge in [0.1, 0.15) is 16.3 Å². The zero-order valence-corrected chi connectivity index (χ0v) is 13.8. The molecule has 24 heavy (non-hydrogen) atoms. The lowest BCUT2D eigenvalue weighted by Gasteiger charge is -2.21. The minimum absolute atomic E-state index is 0.0193. The van der Waals surface area contributed by atoms with Gasteiger partial charge in [0.15, 0.2) is 0 Å². The van der Waals surface area contributed by atoms with Crippen LogP contribution in [0.25, 0.3) is 10.8 Å². The third kappa shape index (κ3) is 3.43. The van der Waals surface area contributed by atoms with E-state index in [4.69, 9.17) is 22.7 Å². The van der Waals surface area contributed by atoms with E-state index in [1.54, 1.807) is 13.1 Å². The Morgan fingerprint density at radius 3 is 2.46 bits per heavy atom. The summed E-state index contributed by atoms with van der Waals surface area (Å²) in [4.78, 5) is 12.7. The molecule has 2 rings (SSSR count). The second kappa shape index (κ2) is 6.64. The van der Waals surface area contributed by atoms with E-state index in [0.29, 0.717) is 10.9 Å². The predicted molar refractivity (Wildman–Crippen MR) is 89.0 cm³/mol. The quantitative estimate of drug-likeness (QED) is 0.856. The van der Waals surface area contributed by atoms with Crippen molar-refractivity contribution in [1.82, 2.24) is 4.90 Å². The molecule has 0 saturated heterocycles. The Morgan fingerprint density at radius 1 is 1.25 bits per heavy atom. The molecule has 2 aromatic carbocycles. The number of hydrogen-bond donors (Lipinski definition) is 1. The largest absolute Gasteiger partial charge is 0.496 e. The maximum Gasteiger partial charge on any atom is 0.420 e. The third-order valence-corrected chi connectivity index (χ3v) is 4.03. The lowest BCUT2D eigenvalue weighted by Crippen LogP contribution is -2.34. The number of nitrogens with zero attached hydrogens (tertiary/aromatic N) is 1. The standard InChI is InChI=1S/C16H15F3N2O2S/c1-21(8-13(20)22)15(24)11-5-3-4-10-9(11)6-7-12(23-2)14(10)16(17,18)19/h3-7H,8H2,1-2H3,(H2,20,22). The van der Waals surface area contributed by atoms with Crippen molar-refractivity contribution in [3.63, 3.8) is 0 Å². The van der Waals surface area contributed by atoms with Crippen LogP contribution in [0.2, 0.25) is 0 Å². The van der Waals surface area contributed by atoms with Crippen molar-refractivity contribution in [3.8, 4) is 5.75 Å². The van der Waals surface area contributed by atoms with Gasteiger partial charge in [-0.1, -0.05) is 30.4 Å². The summed E-state index contributed by atoms with van der Waals surface area (Å²) in [7, 11) is 2.74. The van der Waals surface area contributed by atoms with Gasteiger partial charge in [-0.05, 0) is 22.9 Å². The van der Waals surface area contributed by atoms with E-state index in [9.17, 15) is 18.0 Å². The average molecular weight is 356 g/mol. The van der Waals surface area contributed by atoms with E-state index in [1.807, 2.05) is 0 Å². The van der Waals surface area contributed by atoms with E-state index in [-0.39, 0.29) is 22.7 Å². The molecular weight excluding hydrogens is 341 g/mol. The molecule has 2 N–H and O–H groups in total. The average Bonchev–Trinajstić information content (AvgIpc) is 2.50. The summed E-state index contributed by atoms with van der Waals surface area (Å²) in [5.74, 6) is -0.846. The van der Waals surface area contributed by atoms with Gasteiger partial charge in [0.25, 0.3) is 0 Å². The lowest BCUT2D eigenvalue weighted by molar-refractivity contribution is -0.137. The second-order valence-corrected chi connectivity index (χ2v) is 5.56. The van der Waals surface area contributed by atoms with Crippen molar-refractivity contribution in [1.29, 1.82) is 0 Å². The van der Waals surface area contributed by atoms with Gasteiger partial charge in [0.2, 0.25) is 5.91 Å². The highest BCUT2D eigenvalue weighted by Crippen LogP contribution is 2.41. The number of fused-ring (bicyclic) bond motifs is 1. The Balaban J connectivity index is 2.67. The molecule has 0 radical (unpaired) electrons. The number of hydrogen-bond acceptors (Lipinski definition) is 3. The van der Waals surface area contributed by atoms with Crippen LogP contribution in [0.3, 0.4) is 0 Å².